The van der Waals surface area contributed by atoms with Crippen molar-refractivity contribution in [2.75, 3.05) is 6.54 Å². The van der Waals surface area contributed by atoms with Crippen molar-refractivity contribution in [1.29, 1.82) is 0 Å². The molecule has 4 nitrogen and oxygen atoms in total. The Morgan fingerprint density at radius 2 is 1.96 bits per heavy atom. The van der Waals surface area contributed by atoms with Crippen LogP contribution in [0.4, 0.5) is 0 Å². The molecule has 3 N–H and O–H groups in total. The highest BCUT2D eigenvalue weighted by Crippen LogP contribution is 2.21. The predicted molar refractivity (Wildman–Crippen MR) is 100 cm³/mol. The Hall–Kier alpha value is -2.53. The molecule has 2 heterocycles. The van der Waals surface area contributed by atoms with Crippen molar-refractivity contribution in [3.8, 4) is 0 Å². The average molecular weight is 382 g/mol. The van der Waals surface area contributed by atoms with Crippen LogP contribution in [0.2, 0.25) is 0 Å². The van der Waals surface area contributed by atoms with Crippen LogP contribution < -0.4 is 5.32 Å². The second kappa shape index (κ2) is 6.17. The van der Waals surface area contributed by atoms with E-state index in [2.05, 4.69) is 43.3 Å². The summed E-state index contributed by atoms with van der Waals surface area (Å²) in [7, 11) is 0. The number of halogens is 1. The summed E-state index contributed by atoms with van der Waals surface area (Å²) in [5, 5.41) is 5.21. The highest BCUT2D eigenvalue weighted by Gasteiger charge is 2.10. The van der Waals surface area contributed by atoms with Crippen LogP contribution in [0.5, 0.6) is 0 Å². The second-order valence-electron chi connectivity index (χ2n) is 5.78. The number of para-hydroxylation sites is 1. The van der Waals surface area contributed by atoms with Crippen LogP contribution >= 0.6 is 15.9 Å². The van der Waals surface area contributed by atoms with Gasteiger partial charge in [0, 0.05) is 39.0 Å². The number of benzene rings is 2. The lowest BCUT2D eigenvalue weighted by Gasteiger charge is -2.03. The lowest BCUT2D eigenvalue weighted by atomic mass is 10.1. The highest BCUT2D eigenvalue weighted by molar-refractivity contribution is 9.10. The normalized spacial score (nSPS) is 11.2. The number of amides is 1. The van der Waals surface area contributed by atoms with Gasteiger partial charge in [-0.05, 0) is 42.3 Å². The monoisotopic (exact) mass is 381 g/mol. The fraction of sp³-hybridized carbons (Fsp3) is 0.105. The van der Waals surface area contributed by atoms with Crippen molar-refractivity contribution in [2.24, 2.45) is 0 Å². The lowest BCUT2D eigenvalue weighted by molar-refractivity contribution is 0.0950. The van der Waals surface area contributed by atoms with Gasteiger partial charge in [-0.1, -0.05) is 34.1 Å². The molecular formula is C19H16BrN3O. The predicted octanol–water partition coefficient (Wildman–Crippen LogP) is 4.38. The van der Waals surface area contributed by atoms with E-state index in [4.69, 9.17) is 0 Å². The summed E-state index contributed by atoms with van der Waals surface area (Å²) < 4.78 is 1.00. The van der Waals surface area contributed by atoms with E-state index < -0.39 is 0 Å². The third-order valence-corrected chi connectivity index (χ3v) is 4.68. The van der Waals surface area contributed by atoms with E-state index >= 15 is 0 Å². The molecule has 2 aromatic carbocycles. The molecule has 0 radical (unpaired) electrons. The third-order valence-electron chi connectivity index (χ3n) is 4.18. The number of hydrogen-bond acceptors (Lipinski definition) is 1. The number of carbonyl (C=O) groups excluding carboxylic acids is 1. The van der Waals surface area contributed by atoms with Crippen molar-refractivity contribution in [3.05, 3.63) is 70.5 Å². The van der Waals surface area contributed by atoms with Crippen LogP contribution in [-0.4, -0.2) is 22.4 Å². The molecule has 0 fully saturated rings. The zero-order valence-electron chi connectivity index (χ0n) is 12.9. The molecule has 5 heteroatoms. The molecule has 2 aromatic heterocycles. The van der Waals surface area contributed by atoms with Gasteiger partial charge in [-0.2, -0.15) is 0 Å². The van der Waals surface area contributed by atoms with Gasteiger partial charge in [0.1, 0.15) is 5.69 Å². The molecule has 120 valence electrons. The highest BCUT2D eigenvalue weighted by atomic mass is 79.9. The molecule has 0 aliphatic carbocycles. The molecule has 0 saturated heterocycles. The standard InChI is InChI=1S/C19H16BrN3O/c20-14-5-6-16-13(9-14)10-18(23-16)19(24)21-8-7-12-11-22-17-4-2-1-3-15(12)17/h1-6,9-11,22-23H,7-8H2,(H,21,24). The van der Waals surface area contributed by atoms with E-state index in [1.54, 1.807) is 0 Å². The molecule has 0 bridgehead atoms. The van der Waals surface area contributed by atoms with E-state index in [9.17, 15) is 4.79 Å². The van der Waals surface area contributed by atoms with Crippen LogP contribution in [0, 0.1) is 0 Å². The van der Waals surface area contributed by atoms with Crippen molar-refractivity contribution < 1.29 is 4.79 Å². The zero-order valence-corrected chi connectivity index (χ0v) is 14.5. The lowest BCUT2D eigenvalue weighted by Crippen LogP contribution is -2.25. The van der Waals surface area contributed by atoms with E-state index in [-0.39, 0.29) is 5.91 Å². The van der Waals surface area contributed by atoms with Gasteiger partial charge in [-0.25, -0.2) is 0 Å². The number of aromatic nitrogens is 2. The fourth-order valence-corrected chi connectivity index (χ4v) is 3.35. The molecule has 1 amide bonds. The van der Waals surface area contributed by atoms with Crippen molar-refractivity contribution >= 4 is 43.6 Å². The maximum absolute atomic E-state index is 12.3. The zero-order chi connectivity index (χ0) is 16.5. The second-order valence-corrected chi connectivity index (χ2v) is 6.70. The third kappa shape index (κ3) is 2.83. The van der Waals surface area contributed by atoms with Gasteiger partial charge in [0.25, 0.3) is 5.91 Å². The van der Waals surface area contributed by atoms with Crippen LogP contribution in [0.25, 0.3) is 21.8 Å². The summed E-state index contributed by atoms with van der Waals surface area (Å²) in [6.45, 7) is 0.597. The maximum atomic E-state index is 12.3. The maximum Gasteiger partial charge on any atom is 0.267 e. The number of H-pyrrole nitrogens is 2. The minimum atomic E-state index is -0.0813. The molecule has 0 saturated carbocycles. The van der Waals surface area contributed by atoms with Gasteiger partial charge in [0.2, 0.25) is 0 Å². The van der Waals surface area contributed by atoms with Crippen LogP contribution in [-0.2, 0) is 6.42 Å². The van der Waals surface area contributed by atoms with Crippen molar-refractivity contribution in [1.82, 2.24) is 15.3 Å². The van der Waals surface area contributed by atoms with Gasteiger partial charge >= 0.3 is 0 Å². The Morgan fingerprint density at radius 3 is 2.88 bits per heavy atom. The first-order valence-electron chi connectivity index (χ1n) is 7.82. The van der Waals surface area contributed by atoms with E-state index in [1.165, 1.54) is 10.9 Å². The molecule has 0 unspecified atom stereocenters. The number of hydrogen-bond donors (Lipinski definition) is 3. The van der Waals surface area contributed by atoms with Crippen molar-refractivity contribution in [3.63, 3.8) is 0 Å². The number of nitrogens with one attached hydrogen (secondary N) is 3. The first kappa shape index (κ1) is 15.0. The number of carbonyl (C=O) groups is 1. The quantitative estimate of drug-likeness (QED) is 0.482. The van der Waals surface area contributed by atoms with E-state index in [0.717, 1.165) is 27.3 Å². The SMILES string of the molecule is O=C(NCCc1c[nH]c2ccccc12)c1cc2cc(Br)ccc2[nH]1. The van der Waals surface area contributed by atoms with E-state index in [1.807, 2.05) is 42.6 Å². The number of rotatable bonds is 4. The Bertz CT molecular complexity index is 1030. The van der Waals surface area contributed by atoms with Gasteiger partial charge < -0.3 is 15.3 Å². The summed E-state index contributed by atoms with van der Waals surface area (Å²) in [5.41, 5.74) is 3.88. The van der Waals surface area contributed by atoms with Crippen LogP contribution in [0.1, 0.15) is 16.1 Å². The average Bonchev–Trinajstić information content (AvgIpc) is 3.18. The largest absolute Gasteiger partial charge is 0.361 e. The molecule has 0 spiro atoms. The number of aromatic amines is 2. The van der Waals surface area contributed by atoms with Gasteiger partial charge in [-0.15, -0.1) is 0 Å². The van der Waals surface area contributed by atoms with Crippen LogP contribution in [0.15, 0.2) is 59.2 Å². The molecular weight excluding hydrogens is 366 g/mol. The van der Waals surface area contributed by atoms with E-state index in [0.29, 0.717) is 12.2 Å². The molecule has 24 heavy (non-hydrogen) atoms. The van der Waals surface area contributed by atoms with Gasteiger partial charge in [0.15, 0.2) is 0 Å². The van der Waals surface area contributed by atoms with Crippen molar-refractivity contribution in [2.45, 2.75) is 6.42 Å². The first-order valence-corrected chi connectivity index (χ1v) is 8.61. The number of fused-ring (bicyclic) bond motifs is 2. The van der Waals surface area contributed by atoms with Gasteiger partial charge in [0.05, 0.1) is 0 Å². The summed E-state index contributed by atoms with van der Waals surface area (Å²) >= 11 is 3.44. The Morgan fingerprint density at radius 1 is 1.08 bits per heavy atom. The van der Waals surface area contributed by atoms with Gasteiger partial charge in [-0.3, -0.25) is 4.79 Å². The van der Waals surface area contributed by atoms with Crippen LogP contribution in [0.3, 0.4) is 0 Å². The molecule has 4 rings (SSSR count). The molecule has 4 aromatic rings. The molecule has 0 aliphatic rings. The summed E-state index contributed by atoms with van der Waals surface area (Å²) in [5.74, 6) is -0.0813. The summed E-state index contributed by atoms with van der Waals surface area (Å²) in [6, 6.07) is 16.0. The summed E-state index contributed by atoms with van der Waals surface area (Å²) in [4.78, 5) is 18.7. The summed E-state index contributed by atoms with van der Waals surface area (Å²) in [6.07, 6.45) is 2.80. The fourth-order valence-electron chi connectivity index (χ4n) is 2.97. The minimum Gasteiger partial charge on any atom is -0.361 e. The Labute approximate surface area is 147 Å². The Kier molecular flexibility index (Phi) is 3.86. The minimum absolute atomic E-state index is 0.0813. The first-order chi connectivity index (χ1) is 11.7. The molecule has 0 aliphatic heterocycles. The molecule has 0 atom stereocenters. The topological polar surface area (TPSA) is 60.7 Å². The Balaban J connectivity index is 1.44. The smallest absolute Gasteiger partial charge is 0.267 e.